The zero-order valence-electron chi connectivity index (χ0n) is 8.28. The summed E-state index contributed by atoms with van der Waals surface area (Å²) in [6.45, 7) is 0.275. The predicted octanol–water partition coefficient (Wildman–Crippen LogP) is 0.935. The first-order valence-electron chi connectivity index (χ1n) is 5.09. The Morgan fingerprint density at radius 1 is 1.38 bits per heavy atom. The fourth-order valence-electron chi connectivity index (χ4n) is 2.09. The van der Waals surface area contributed by atoms with Crippen LogP contribution >= 0.6 is 0 Å². The summed E-state index contributed by atoms with van der Waals surface area (Å²) in [7, 11) is 1.66. The van der Waals surface area contributed by atoms with Gasteiger partial charge in [-0.3, -0.25) is 0 Å². The van der Waals surface area contributed by atoms with E-state index in [9.17, 15) is 5.11 Å². The second-order valence-electron chi connectivity index (χ2n) is 3.89. The summed E-state index contributed by atoms with van der Waals surface area (Å²) in [5, 5.41) is 18.2. The van der Waals surface area contributed by atoms with Crippen LogP contribution in [-0.4, -0.2) is 36.1 Å². The van der Waals surface area contributed by atoms with Gasteiger partial charge in [-0.15, -0.1) is 0 Å². The molecule has 0 amide bonds. The van der Waals surface area contributed by atoms with Crippen molar-refractivity contribution in [2.45, 2.75) is 44.3 Å². The molecule has 0 spiro atoms. The van der Waals surface area contributed by atoms with E-state index in [1.54, 1.807) is 7.11 Å². The fraction of sp³-hybridized carbons (Fsp3) is 1.00. The van der Waals surface area contributed by atoms with Gasteiger partial charge in [0.25, 0.3) is 0 Å². The zero-order chi connectivity index (χ0) is 9.68. The van der Waals surface area contributed by atoms with E-state index < -0.39 is 0 Å². The first-order valence-corrected chi connectivity index (χ1v) is 5.09. The van der Waals surface area contributed by atoms with Crippen LogP contribution in [0.4, 0.5) is 0 Å². The number of aliphatic hydroxyl groups excluding tert-OH is 2. The predicted molar refractivity (Wildman–Crippen MR) is 50.5 cm³/mol. The molecule has 1 fully saturated rings. The lowest BCUT2D eigenvalue weighted by Crippen LogP contribution is -2.35. The summed E-state index contributed by atoms with van der Waals surface area (Å²) < 4.78 is 5.20. The summed E-state index contributed by atoms with van der Waals surface area (Å²) in [5.41, 5.74) is 0. The average Bonchev–Trinajstić information content (AvgIpc) is 2.16. The first-order chi connectivity index (χ1) is 6.27. The third kappa shape index (κ3) is 3.25. The van der Waals surface area contributed by atoms with Crippen molar-refractivity contribution in [1.82, 2.24) is 0 Å². The Morgan fingerprint density at radius 3 is 2.77 bits per heavy atom. The maximum absolute atomic E-state index is 9.54. The molecular weight excluding hydrogens is 168 g/mol. The average molecular weight is 188 g/mol. The molecule has 0 aromatic rings. The molecule has 1 aliphatic carbocycles. The monoisotopic (exact) mass is 188 g/mol. The van der Waals surface area contributed by atoms with Crippen LogP contribution in [-0.2, 0) is 4.74 Å². The van der Waals surface area contributed by atoms with E-state index in [1.165, 1.54) is 0 Å². The maximum atomic E-state index is 9.54. The molecule has 0 unspecified atom stereocenters. The Hall–Kier alpha value is -0.120. The zero-order valence-corrected chi connectivity index (χ0v) is 8.28. The molecule has 78 valence electrons. The van der Waals surface area contributed by atoms with Crippen molar-refractivity contribution in [1.29, 1.82) is 0 Å². The molecule has 1 rings (SSSR count). The SMILES string of the molecule is CO[C@@H]1C[C@H](CCCO)CC[C@H]1O. The fourth-order valence-corrected chi connectivity index (χ4v) is 2.09. The van der Waals surface area contributed by atoms with Crippen molar-refractivity contribution < 1.29 is 14.9 Å². The van der Waals surface area contributed by atoms with Gasteiger partial charge in [-0.2, -0.15) is 0 Å². The molecule has 0 aromatic heterocycles. The van der Waals surface area contributed by atoms with E-state index >= 15 is 0 Å². The highest BCUT2D eigenvalue weighted by Gasteiger charge is 2.28. The standard InChI is InChI=1S/C10H20O3/c1-13-10-7-8(3-2-6-11)4-5-9(10)12/h8-12H,2-7H2,1H3/t8-,9-,10-/m1/s1. The molecule has 3 heteroatoms. The highest BCUT2D eigenvalue weighted by molar-refractivity contribution is 4.80. The minimum absolute atomic E-state index is 0.0115. The number of hydrogen-bond acceptors (Lipinski definition) is 3. The molecule has 0 radical (unpaired) electrons. The van der Waals surface area contributed by atoms with Crippen LogP contribution < -0.4 is 0 Å². The molecule has 13 heavy (non-hydrogen) atoms. The van der Waals surface area contributed by atoms with Crippen LogP contribution in [0.25, 0.3) is 0 Å². The normalized spacial score (nSPS) is 34.8. The minimum atomic E-state index is -0.282. The highest BCUT2D eigenvalue weighted by Crippen LogP contribution is 2.29. The lowest BCUT2D eigenvalue weighted by atomic mass is 9.83. The number of aliphatic hydroxyl groups is 2. The Labute approximate surface area is 79.7 Å². The van der Waals surface area contributed by atoms with Gasteiger partial charge in [0, 0.05) is 13.7 Å². The number of methoxy groups -OCH3 is 1. The molecule has 0 bridgehead atoms. The molecule has 1 aliphatic rings. The summed E-state index contributed by atoms with van der Waals surface area (Å²) >= 11 is 0. The molecule has 0 aliphatic heterocycles. The molecule has 3 nitrogen and oxygen atoms in total. The van der Waals surface area contributed by atoms with E-state index in [0.29, 0.717) is 5.92 Å². The van der Waals surface area contributed by atoms with Crippen LogP contribution in [0.2, 0.25) is 0 Å². The third-order valence-corrected chi connectivity index (χ3v) is 2.94. The highest BCUT2D eigenvalue weighted by atomic mass is 16.5. The molecule has 0 heterocycles. The van der Waals surface area contributed by atoms with Crippen LogP contribution in [0.3, 0.4) is 0 Å². The Kier molecular flexibility index (Phi) is 4.70. The van der Waals surface area contributed by atoms with Crippen LogP contribution in [0.5, 0.6) is 0 Å². The van der Waals surface area contributed by atoms with Gasteiger partial charge in [0.1, 0.15) is 0 Å². The van der Waals surface area contributed by atoms with Gasteiger partial charge in [-0.05, 0) is 38.0 Å². The lowest BCUT2D eigenvalue weighted by Gasteiger charge is -2.32. The third-order valence-electron chi connectivity index (χ3n) is 2.94. The van der Waals surface area contributed by atoms with Crippen molar-refractivity contribution in [2.24, 2.45) is 5.92 Å². The van der Waals surface area contributed by atoms with Gasteiger partial charge in [-0.25, -0.2) is 0 Å². The van der Waals surface area contributed by atoms with Gasteiger partial charge in [0.15, 0.2) is 0 Å². The van der Waals surface area contributed by atoms with Crippen LogP contribution in [0.15, 0.2) is 0 Å². The maximum Gasteiger partial charge on any atom is 0.0832 e. The van der Waals surface area contributed by atoms with Gasteiger partial charge >= 0.3 is 0 Å². The number of rotatable bonds is 4. The molecule has 0 aromatic carbocycles. The topological polar surface area (TPSA) is 49.7 Å². The van der Waals surface area contributed by atoms with E-state index in [2.05, 4.69) is 0 Å². The summed E-state index contributed by atoms with van der Waals surface area (Å²) in [6, 6.07) is 0. The van der Waals surface area contributed by atoms with Crippen molar-refractivity contribution in [3.63, 3.8) is 0 Å². The minimum Gasteiger partial charge on any atom is -0.396 e. The Morgan fingerprint density at radius 2 is 2.15 bits per heavy atom. The van der Waals surface area contributed by atoms with Crippen molar-refractivity contribution >= 4 is 0 Å². The van der Waals surface area contributed by atoms with Crippen LogP contribution in [0, 0.1) is 5.92 Å². The second-order valence-corrected chi connectivity index (χ2v) is 3.89. The largest absolute Gasteiger partial charge is 0.396 e. The van der Waals surface area contributed by atoms with E-state index in [4.69, 9.17) is 9.84 Å². The van der Waals surface area contributed by atoms with Gasteiger partial charge in [0.05, 0.1) is 12.2 Å². The van der Waals surface area contributed by atoms with Crippen molar-refractivity contribution in [3.8, 4) is 0 Å². The molecule has 2 N–H and O–H groups in total. The van der Waals surface area contributed by atoms with Crippen molar-refractivity contribution in [3.05, 3.63) is 0 Å². The summed E-state index contributed by atoms with van der Waals surface area (Å²) in [4.78, 5) is 0. The van der Waals surface area contributed by atoms with E-state index in [0.717, 1.165) is 32.1 Å². The van der Waals surface area contributed by atoms with E-state index in [-0.39, 0.29) is 18.8 Å². The lowest BCUT2D eigenvalue weighted by molar-refractivity contribution is -0.0518. The van der Waals surface area contributed by atoms with Crippen molar-refractivity contribution in [2.75, 3.05) is 13.7 Å². The quantitative estimate of drug-likeness (QED) is 0.690. The molecule has 0 saturated heterocycles. The number of ether oxygens (including phenoxy) is 1. The molecule has 1 saturated carbocycles. The summed E-state index contributed by atoms with van der Waals surface area (Å²) in [6.07, 6.45) is 4.51. The first kappa shape index (κ1) is 11.0. The Balaban J connectivity index is 2.27. The smallest absolute Gasteiger partial charge is 0.0832 e. The molecule has 3 atom stereocenters. The van der Waals surface area contributed by atoms with E-state index in [1.807, 2.05) is 0 Å². The van der Waals surface area contributed by atoms with Gasteiger partial charge in [0.2, 0.25) is 0 Å². The second kappa shape index (κ2) is 5.58. The molecular formula is C10H20O3. The summed E-state index contributed by atoms with van der Waals surface area (Å²) in [5.74, 6) is 0.625. The van der Waals surface area contributed by atoms with Gasteiger partial charge in [-0.1, -0.05) is 0 Å². The number of hydrogen-bond donors (Lipinski definition) is 2. The Bertz CT molecular complexity index is 136. The van der Waals surface area contributed by atoms with Crippen LogP contribution in [0.1, 0.15) is 32.1 Å². The van der Waals surface area contributed by atoms with Gasteiger partial charge < -0.3 is 14.9 Å².